The van der Waals surface area contributed by atoms with E-state index in [1.54, 1.807) is 13.8 Å². The van der Waals surface area contributed by atoms with Gasteiger partial charge in [-0.25, -0.2) is 0 Å². The summed E-state index contributed by atoms with van der Waals surface area (Å²) in [5.41, 5.74) is 1.59. The molecule has 0 atom stereocenters. The number of benzene rings is 1. The third kappa shape index (κ3) is 3.41. The van der Waals surface area contributed by atoms with Crippen molar-refractivity contribution < 1.29 is 5.11 Å². The van der Waals surface area contributed by atoms with Crippen LogP contribution in [0.25, 0.3) is 11.4 Å². The molecule has 1 N–H and O–H groups in total. The Labute approximate surface area is 124 Å². The molecule has 0 bridgehead atoms. The maximum Gasteiger partial charge on any atom is 0.191 e. The highest BCUT2D eigenvalue weighted by Gasteiger charge is 2.18. The predicted octanol–water partition coefficient (Wildman–Crippen LogP) is 3.14. The minimum atomic E-state index is -0.710. The van der Waals surface area contributed by atoms with Crippen molar-refractivity contribution in [1.29, 1.82) is 0 Å². The summed E-state index contributed by atoms with van der Waals surface area (Å²) < 4.78 is 2.10. The van der Waals surface area contributed by atoms with E-state index < -0.39 is 5.60 Å². The highest BCUT2D eigenvalue weighted by molar-refractivity contribution is 7.99. The molecule has 0 aliphatic rings. The minimum absolute atomic E-state index is 0.596. The lowest BCUT2D eigenvalue weighted by Gasteiger charge is -2.16. The van der Waals surface area contributed by atoms with Gasteiger partial charge in [0.05, 0.1) is 5.60 Å². The smallest absolute Gasteiger partial charge is 0.191 e. The van der Waals surface area contributed by atoms with E-state index in [9.17, 15) is 5.11 Å². The first-order chi connectivity index (χ1) is 9.42. The number of aromatic nitrogens is 3. The molecule has 0 fully saturated rings. The lowest BCUT2D eigenvalue weighted by Crippen LogP contribution is -2.22. The molecule has 0 radical (unpaired) electrons. The van der Waals surface area contributed by atoms with E-state index >= 15 is 0 Å². The number of aryl methyl sites for hydroxylation is 1. The van der Waals surface area contributed by atoms with E-state index in [-0.39, 0.29) is 0 Å². The van der Waals surface area contributed by atoms with Crippen molar-refractivity contribution in [2.24, 2.45) is 0 Å². The van der Waals surface area contributed by atoms with Crippen LogP contribution < -0.4 is 0 Å². The molecule has 0 amide bonds. The maximum absolute atomic E-state index is 9.83. The zero-order chi connectivity index (χ0) is 14.8. The molecule has 2 rings (SSSR count). The first-order valence-electron chi connectivity index (χ1n) is 6.77. The SMILES string of the molecule is CCn1c(SCC(C)(C)O)nnc1-c1ccccc1C. The van der Waals surface area contributed by atoms with Gasteiger partial charge < -0.3 is 9.67 Å². The van der Waals surface area contributed by atoms with Crippen LogP contribution in [-0.4, -0.2) is 31.2 Å². The van der Waals surface area contributed by atoms with Gasteiger partial charge in [0, 0.05) is 17.9 Å². The van der Waals surface area contributed by atoms with Gasteiger partial charge in [0.1, 0.15) is 0 Å². The summed E-state index contributed by atoms with van der Waals surface area (Å²) in [4.78, 5) is 0. The molecule has 0 saturated carbocycles. The van der Waals surface area contributed by atoms with Gasteiger partial charge in [-0.1, -0.05) is 36.0 Å². The van der Waals surface area contributed by atoms with Crippen molar-refractivity contribution >= 4 is 11.8 Å². The fourth-order valence-corrected chi connectivity index (χ4v) is 2.90. The molecule has 2 aromatic rings. The minimum Gasteiger partial charge on any atom is -0.390 e. The number of aliphatic hydroxyl groups is 1. The Kier molecular flexibility index (Phi) is 4.50. The number of nitrogens with zero attached hydrogens (tertiary/aromatic N) is 3. The third-order valence-electron chi connectivity index (χ3n) is 2.97. The van der Waals surface area contributed by atoms with Crippen LogP contribution in [0.3, 0.4) is 0 Å². The second kappa shape index (κ2) is 5.97. The van der Waals surface area contributed by atoms with Crippen molar-refractivity contribution in [3.8, 4) is 11.4 Å². The average Bonchev–Trinajstić information content (AvgIpc) is 2.79. The Morgan fingerprint density at radius 3 is 2.55 bits per heavy atom. The van der Waals surface area contributed by atoms with Crippen LogP contribution in [0.15, 0.2) is 29.4 Å². The quantitative estimate of drug-likeness (QED) is 0.860. The second-order valence-corrected chi connectivity index (χ2v) is 6.41. The maximum atomic E-state index is 9.83. The Hall–Kier alpha value is -1.33. The van der Waals surface area contributed by atoms with E-state index in [0.717, 1.165) is 23.1 Å². The van der Waals surface area contributed by atoms with Crippen LogP contribution in [0, 0.1) is 6.92 Å². The van der Waals surface area contributed by atoms with Crippen LogP contribution >= 0.6 is 11.8 Å². The summed E-state index contributed by atoms with van der Waals surface area (Å²) in [6, 6.07) is 8.18. The van der Waals surface area contributed by atoms with Gasteiger partial charge >= 0.3 is 0 Å². The van der Waals surface area contributed by atoms with Gasteiger partial charge in [0.25, 0.3) is 0 Å². The fourth-order valence-electron chi connectivity index (χ4n) is 1.94. The lowest BCUT2D eigenvalue weighted by molar-refractivity contribution is 0.107. The molecule has 108 valence electrons. The van der Waals surface area contributed by atoms with Gasteiger partial charge in [-0.3, -0.25) is 0 Å². The molecule has 1 aromatic carbocycles. The summed E-state index contributed by atoms with van der Waals surface area (Å²) in [7, 11) is 0. The van der Waals surface area contributed by atoms with Gasteiger partial charge in [-0.05, 0) is 33.3 Å². The molecule has 1 heterocycles. The van der Waals surface area contributed by atoms with Crippen molar-refractivity contribution in [2.75, 3.05) is 5.75 Å². The predicted molar refractivity (Wildman–Crippen MR) is 82.9 cm³/mol. The molecule has 20 heavy (non-hydrogen) atoms. The summed E-state index contributed by atoms with van der Waals surface area (Å²) in [5, 5.41) is 19.3. The molecule has 0 aliphatic heterocycles. The topological polar surface area (TPSA) is 50.9 Å². The number of rotatable bonds is 5. The Balaban J connectivity index is 2.33. The molecule has 0 spiro atoms. The molecule has 0 saturated heterocycles. The van der Waals surface area contributed by atoms with Crippen molar-refractivity contribution in [3.05, 3.63) is 29.8 Å². The van der Waals surface area contributed by atoms with E-state index in [1.165, 1.54) is 17.3 Å². The first kappa shape index (κ1) is 15.1. The summed E-state index contributed by atoms with van der Waals surface area (Å²) >= 11 is 1.54. The largest absolute Gasteiger partial charge is 0.390 e. The van der Waals surface area contributed by atoms with Gasteiger partial charge in [-0.2, -0.15) is 0 Å². The van der Waals surface area contributed by atoms with Crippen molar-refractivity contribution in [2.45, 2.75) is 45.0 Å². The van der Waals surface area contributed by atoms with E-state index in [4.69, 9.17) is 0 Å². The Bertz CT molecular complexity index is 587. The Morgan fingerprint density at radius 2 is 1.95 bits per heavy atom. The number of hydrogen-bond donors (Lipinski definition) is 1. The zero-order valence-corrected chi connectivity index (χ0v) is 13.2. The average molecular weight is 291 g/mol. The standard InChI is InChI=1S/C15H21N3OS/c1-5-18-13(12-9-7-6-8-11(12)2)16-17-14(18)20-10-15(3,4)19/h6-9,19H,5,10H2,1-4H3. The van der Waals surface area contributed by atoms with Gasteiger partial charge in [-0.15, -0.1) is 10.2 Å². The fraction of sp³-hybridized carbons (Fsp3) is 0.467. The number of thioether (sulfide) groups is 1. The normalized spacial score (nSPS) is 11.8. The molecule has 5 heteroatoms. The molecule has 0 unspecified atom stereocenters. The Morgan fingerprint density at radius 1 is 1.25 bits per heavy atom. The van der Waals surface area contributed by atoms with Crippen LogP contribution in [-0.2, 0) is 6.54 Å². The molecular weight excluding hydrogens is 270 g/mol. The summed E-state index contributed by atoms with van der Waals surface area (Å²) in [5.74, 6) is 1.49. The highest BCUT2D eigenvalue weighted by Crippen LogP contribution is 2.27. The van der Waals surface area contributed by atoms with Crippen molar-refractivity contribution in [3.63, 3.8) is 0 Å². The summed E-state index contributed by atoms with van der Waals surface area (Å²) in [6.45, 7) is 8.57. The zero-order valence-electron chi connectivity index (χ0n) is 12.4. The third-order valence-corrected chi connectivity index (χ3v) is 4.38. The van der Waals surface area contributed by atoms with Crippen LogP contribution in [0.5, 0.6) is 0 Å². The molecule has 0 aliphatic carbocycles. The van der Waals surface area contributed by atoms with Gasteiger partial charge in [0.2, 0.25) is 0 Å². The highest BCUT2D eigenvalue weighted by atomic mass is 32.2. The van der Waals surface area contributed by atoms with E-state index in [0.29, 0.717) is 5.75 Å². The van der Waals surface area contributed by atoms with Crippen LogP contribution in [0.4, 0.5) is 0 Å². The van der Waals surface area contributed by atoms with E-state index in [1.807, 2.05) is 12.1 Å². The monoisotopic (exact) mass is 291 g/mol. The molecule has 1 aromatic heterocycles. The number of hydrogen-bond acceptors (Lipinski definition) is 4. The van der Waals surface area contributed by atoms with Crippen LogP contribution in [0.1, 0.15) is 26.3 Å². The van der Waals surface area contributed by atoms with Gasteiger partial charge in [0.15, 0.2) is 11.0 Å². The van der Waals surface area contributed by atoms with E-state index in [2.05, 4.69) is 40.7 Å². The molecule has 4 nitrogen and oxygen atoms in total. The van der Waals surface area contributed by atoms with Crippen LogP contribution in [0.2, 0.25) is 0 Å². The summed E-state index contributed by atoms with van der Waals surface area (Å²) in [6.07, 6.45) is 0. The first-order valence-corrected chi connectivity index (χ1v) is 7.75. The molecular formula is C15H21N3OS. The second-order valence-electron chi connectivity index (χ2n) is 5.47. The van der Waals surface area contributed by atoms with Crippen molar-refractivity contribution in [1.82, 2.24) is 14.8 Å². The lowest BCUT2D eigenvalue weighted by atomic mass is 10.1.